The highest BCUT2D eigenvalue weighted by Gasteiger charge is 2.38. The maximum absolute atomic E-state index is 14.4. The first-order valence-electron chi connectivity index (χ1n) is 13.6. The summed E-state index contributed by atoms with van der Waals surface area (Å²) in [5, 5.41) is 11.6. The van der Waals surface area contributed by atoms with E-state index in [1.54, 1.807) is 37.4 Å². The molecule has 3 aromatic carbocycles. The normalized spacial score (nSPS) is 12.0. The van der Waals surface area contributed by atoms with E-state index in [0.29, 0.717) is 52.6 Å². The van der Waals surface area contributed by atoms with Crippen LogP contribution in [0.2, 0.25) is 0 Å². The number of hydrogen-bond donors (Lipinski definition) is 1. The van der Waals surface area contributed by atoms with E-state index in [4.69, 9.17) is 14.2 Å². The SMILES string of the molecule is CCOc1ccccc1[C@H](C(=O)NC(C)(C)CC)N(C(=O)Cn1nnc2ccccc21)c1ccc(OC)cc1OC. The molecule has 1 aromatic heterocycles. The Labute approximate surface area is 240 Å². The highest BCUT2D eigenvalue weighted by Crippen LogP contribution is 2.40. The van der Waals surface area contributed by atoms with Gasteiger partial charge >= 0.3 is 0 Å². The Bertz CT molecular complexity index is 1520. The van der Waals surface area contributed by atoms with Crippen molar-refractivity contribution < 1.29 is 23.8 Å². The smallest absolute Gasteiger partial charge is 0.249 e. The van der Waals surface area contributed by atoms with Crippen LogP contribution in [0, 0.1) is 0 Å². The molecule has 10 heteroatoms. The van der Waals surface area contributed by atoms with Crippen molar-refractivity contribution in [3.8, 4) is 17.2 Å². The number of aromatic nitrogens is 3. The van der Waals surface area contributed by atoms with Gasteiger partial charge in [0.25, 0.3) is 0 Å². The molecule has 10 nitrogen and oxygen atoms in total. The molecule has 0 radical (unpaired) electrons. The second-order valence-electron chi connectivity index (χ2n) is 10.1. The molecule has 2 amide bonds. The predicted octanol–water partition coefficient (Wildman–Crippen LogP) is 4.93. The molecule has 1 heterocycles. The van der Waals surface area contributed by atoms with Gasteiger partial charge in [-0.05, 0) is 57.5 Å². The van der Waals surface area contributed by atoms with Crippen LogP contribution in [0.3, 0.4) is 0 Å². The number of carbonyl (C=O) groups excluding carboxylic acids is 2. The van der Waals surface area contributed by atoms with Gasteiger partial charge < -0.3 is 19.5 Å². The summed E-state index contributed by atoms with van der Waals surface area (Å²) in [5.41, 5.74) is 1.76. The van der Waals surface area contributed by atoms with Crippen LogP contribution in [0.25, 0.3) is 11.0 Å². The average Bonchev–Trinajstić information content (AvgIpc) is 3.38. The molecule has 1 atom stereocenters. The lowest BCUT2D eigenvalue weighted by Gasteiger charge is -2.35. The van der Waals surface area contributed by atoms with E-state index in [2.05, 4.69) is 15.6 Å². The van der Waals surface area contributed by atoms with Crippen LogP contribution >= 0.6 is 0 Å². The highest BCUT2D eigenvalue weighted by molar-refractivity contribution is 6.03. The third-order valence-corrected chi connectivity index (χ3v) is 6.99. The maximum Gasteiger partial charge on any atom is 0.249 e. The van der Waals surface area contributed by atoms with E-state index in [9.17, 15) is 9.59 Å². The van der Waals surface area contributed by atoms with E-state index in [1.807, 2.05) is 64.1 Å². The van der Waals surface area contributed by atoms with Crippen LogP contribution in [0.4, 0.5) is 5.69 Å². The molecule has 0 aliphatic rings. The van der Waals surface area contributed by atoms with Gasteiger partial charge in [-0.3, -0.25) is 14.5 Å². The van der Waals surface area contributed by atoms with Crippen LogP contribution in [0.5, 0.6) is 17.2 Å². The summed E-state index contributed by atoms with van der Waals surface area (Å²) in [4.78, 5) is 30.2. The number of nitrogens with one attached hydrogen (secondary N) is 1. The summed E-state index contributed by atoms with van der Waals surface area (Å²) in [6.45, 7) is 7.96. The predicted molar refractivity (Wildman–Crippen MR) is 157 cm³/mol. The number of ether oxygens (including phenoxy) is 3. The third-order valence-electron chi connectivity index (χ3n) is 6.99. The van der Waals surface area contributed by atoms with Gasteiger partial charge in [-0.2, -0.15) is 0 Å². The van der Waals surface area contributed by atoms with E-state index < -0.39 is 17.5 Å². The lowest BCUT2D eigenvalue weighted by Crippen LogP contribution is -2.51. The second-order valence-corrected chi connectivity index (χ2v) is 10.1. The number of para-hydroxylation sites is 2. The Balaban J connectivity index is 1.93. The molecule has 0 unspecified atom stereocenters. The molecule has 4 aromatic rings. The van der Waals surface area contributed by atoms with Crippen molar-refractivity contribution in [1.29, 1.82) is 0 Å². The topological polar surface area (TPSA) is 108 Å². The fourth-order valence-electron chi connectivity index (χ4n) is 4.52. The minimum absolute atomic E-state index is 0.173. The molecule has 0 saturated heterocycles. The third kappa shape index (κ3) is 6.42. The lowest BCUT2D eigenvalue weighted by molar-refractivity contribution is -0.128. The molecule has 41 heavy (non-hydrogen) atoms. The Hall–Kier alpha value is -4.60. The second kappa shape index (κ2) is 12.7. The van der Waals surface area contributed by atoms with Gasteiger partial charge in [0.2, 0.25) is 11.8 Å². The molecular formula is C31H37N5O5. The maximum atomic E-state index is 14.4. The summed E-state index contributed by atoms with van der Waals surface area (Å²) >= 11 is 0. The van der Waals surface area contributed by atoms with E-state index in [1.165, 1.54) is 16.7 Å². The zero-order chi connectivity index (χ0) is 29.6. The van der Waals surface area contributed by atoms with Crippen molar-refractivity contribution >= 4 is 28.5 Å². The van der Waals surface area contributed by atoms with Crippen molar-refractivity contribution in [2.75, 3.05) is 25.7 Å². The Morgan fingerprint density at radius 2 is 1.71 bits per heavy atom. The summed E-state index contributed by atoms with van der Waals surface area (Å²) in [7, 11) is 3.06. The molecule has 4 rings (SSSR count). The van der Waals surface area contributed by atoms with Crippen LogP contribution < -0.4 is 24.4 Å². The summed E-state index contributed by atoms with van der Waals surface area (Å²) in [6, 6.07) is 18.7. The number of amides is 2. The highest BCUT2D eigenvalue weighted by atomic mass is 16.5. The van der Waals surface area contributed by atoms with Crippen LogP contribution in [-0.4, -0.2) is 53.2 Å². The molecule has 1 N–H and O–H groups in total. The van der Waals surface area contributed by atoms with Crippen molar-refractivity contribution in [3.63, 3.8) is 0 Å². The summed E-state index contributed by atoms with van der Waals surface area (Å²) in [5.74, 6) is 0.648. The fraction of sp³-hybridized carbons (Fsp3) is 0.355. The Morgan fingerprint density at radius 3 is 2.41 bits per heavy atom. The molecule has 0 spiro atoms. The zero-order valence-corrected chi connectivity index (χ0v) is 24.4. The van der Waals surface area contributed by atoms with E-state index >= 15 is 0 Å². The minimum Gasteiger partial charge on any atom is -0.497 e. The van der Waals surface area contributed by atoms with Gasteiger partial charge in [0.05, 0.1) is 32.0 Å². The van der Waals surface area contributed by atoms with Gasteiger partial charge in [0, 0.05) is 17.2 Å². The van der Waals surface area contributed by atoms with Gasteiger partial charge in [-0.1, -0.05) is 42.5 Å². The molecule has 0 aliphatic carbocycles. The largest absolute Gasteiger partial charge is 0.497 e. The number of benzene rings is 3. The average molecular weight is 560 g/mol. The molecule has 0 bridgehead atoms. The van der Waals surface area contributed by atoms with Crippen LogP contribution in [0.1, 0.15) is 45.7 Å². The van der Waals surface area contributed by atoms with Gasteiger partial charge in [-0.15, -0.1) is 5.10 Å². The monoisotopic (exact) mass is 559 g/mol. The first-order valence-corrected chi connectivity index (χ1v) is 13.6. The van der Waals surface area contributed by atoms with Crippen LogP contribution in [-0.2, 0) is 16.1 Å². The van der Waals surface area contributed by atoms with Crippen molar-refractivity contribution in [1.82, 2.24) is 20.3 Å². The molecule has 216 valence electrons. The van der Waals surface area contributed by atoms with E-state index in [-0.39, 0.29) is 12.5 Å². The molecule has 0 saturated carbocycles. The number of carbonyl (C=O) groups is 2. The number of fused-ring (bicyclic) bond motifs is 1. The summed E-state index contributed by atoms with van der Waals surface area (Å²) in [6.07, 6.45) is 0.684. The fourth-order valence-corrected chi connectivity index (χ4v) is 4.52. The summed E-state index contributed by atoms with van der Waals surface area (Å²) < 4.78 is 18.6. The van der Waals surface area contributed by atoms with Gasteiger partial charge in [0.15, 0.2) is 0 Å². The van der Waals surface area contributed by atoms with Gasteiger partial charge in [0.1, 0.15) is 35.4 Å². The number of rotatable bonds is 12. The molecule has 0 aliphatic heterocycles. The van der Waals surface area contributed by atoms with Crippen molar-refractivity contribution in [2.24, 2.45) is 0 Å². The van der Waals surface area contributed by atoms with Crippen molar-refractivity contribution in [2.45, 2.75) is 52.2 Å². The first-order chi connectivity index (χ1) is 19.7. The Kier molecular flexibility index (Phi) is 9.11. The number of anilines is 1. The van der Waals surface area contributed by atoms with Crippen LogP contribution in [0.15, 0.2) is 66.7 Å². The first kappa shape index (κ1) is 29.4. The van der Waals surface area contributed by atoms with Gasteiger partial charge in [-0.25, -0.2) is 4.68 Å². The zero-order valence-electron chi connectivity index (χ0n) is 24.4. The van der Waals surface area contributed by atoms with Crippen molar-refractivity contribution in [3.05, 3.63) is 72.3 Å². The molecular weight excluding hydrogens is 522 g/mol. The molecule has 0 fully saturated rings. The van der Waals surface area contributed by atoms with E-state index in [0.717, 1.165) is 0 Å². The minimum atomic E-state index is -1.10. The number of methoxy groups -OCH3 is 2. The number of hydrogen-bond acceptors (Lipinski definition) is 7. The lowest BCUT2D eigenvalue weighted by atomic mass is 9.97. The quantitative estimate of drug-likeness (QED) is 0.262. The standard InChI is InChI=1S/C31H37N5O5/c1-7-31(3,4)32-30(38)29(22-13-9-12-16-26(22)41-8-2)36(25-18-17-21(39-5)19-27(25)40-6)28(37)20-35-24-15-11-10-14-23(24)33-34-35/h9-19,29H,7-8,20H2,1-6H3,(H,32,38)/t29-/m1/s1. The number of nitrogens with zero attached hydrogens (tertiary/aromatic N) is 4. The Morgan fingerprint density at radius 1 is 0.976 bits per heavy atom.